The third kappa shape index (κ3) is 4.31. The standard InChI is InChI=1S/C10H14N2O2S/c1-12(2)5-6-15-9-4-3-8(7-11-9)10(13)14/h3-4,7H,5-6H2,1-2H3,(H,13,14). The summed E-state index contributed by atoms with van der Waals surface area (Å²) in [7, 11) is 4.03. The molecule has 1 aromatic heterocycles. The summed E-state index contributed by atoms with van der Waals surface area (Å²) in [5.41, 5.74) is 0.229. The maximum Gasteiger partial charge on any atom is 0.337 e. The molecule has 0 fully saturated rings. The van der Waals surface area contributed by atoms with Gasteiger partial charge >= 0.3 is 5.97 Å². The van der Waals surface area contributed by atoms with Crippen molar-refractivity contribution < 1.29 is 9.90 Å². The third-order valence-electron chi connectivity index (χ3n) is 1.77. The lowest BCUT2D eigenvalue weighted by molar-refractivity contribution is 0.0696. The topological polar surface area (TPSA) is 53.4 Å². The molecule has 0 saturated carbocycles. The summed E-state index contributed by atoms with van der Waals surface area (Å²) in [5, 5.41) is 9.53. The summed E-state index contributed by atoms with van der Waals surface area (Å²) >= 11 is 1.62. The van der Waals surface area contributed by atoms with Crippen molar-refractivity contribution in [3.63, 3.8) is 0 Å². The molecule has 0 aliphatic carbocycles. The highest BCUT2D eigenvalue weighted by molar-refractivity contribution is 7.99. The zero-order valence-electron chi connectivity index (χ0n) is 8.80. The van der Waals surface area contributed by atoms with Gasteiger partial charge in [-0.25, -0.2) is 9.78 Å². The van der Waals surface area contributed by atoms with Gasteiger partial charge in [-0.2, -0.15) is 0 Å². The van der Waals surface area contributed by atoms with Gasteiger partial charge in [0.15, 0.2) is 0 Å². The van der Waals surface area contributed by atoms with Gasteiger partial charge in [0.2, 0.25) is 0 Å². The van der Waals surface area contributed by atoms with Crippen molar-refractivity contribution in [2.75, 3.05) is 26.4 Å². The number of carbonyl (C=O) groups is 1. The van der Waals surface area contributed by atoms with E-state index in [-0.39, 0.29) is 5.56 Å². The Hall–Kier alpha value is -1.07. The molecule has 1 rings (SSSR count). The van der Waals surface area contributed by atoms with E-state index in [1.807, 2.05) is 14.1 Å². The van der Waals surface area contributed by atoms with E-state index in [1.165, 1.54) is 6.20 Å². The molecule has 0 aliphatic heterocycles. The number of hydrogen-bond acceptors (Lipinski definition) is 4. The zero-order chi connectivity index (χ0) is 11.3. The second-order valence-corrected chi connectivity index (χ2v) is 4.46. The van der Waals surface area contributed by atoms with Crippen LogP contribution in [0.4, 0.5) is 0 Å². The molecule has 1 aromatic rings. The molecule has 15 heavy (non-hydrogen) atoms. The van der Waals surface area contributed by atoms with Gasteiger partial charge in [-0.15, -0.1) is 11.8 Å². The van der Waals surface area contributed by atoms with Crippen LogP contribution in [0.1, 0.15) is 10.4 Å². The van der Waals surface area contributed by atoms with Crippen LogP contribution >= 0.6 is 11.8 Å². The Morgan fingerprint density at radius 2 is 2.27 bits per heavy atom. The largest absolute Gasteiger partial charge is 0.478 e. The summed E-state index contributed by atoms with van der Waals surface area (Å²) in [4.78, 5) is 16.7. The first-order valence-corrected chi connectivity index (χ1v) is 5.55. The minimum atomic E-state index is -0.938. The molecule has 0 saturated heterocycles. The first-order valence-electron chi connectivity index (χ1n) is 4.56. The lowest BCUT2D eigenvalue weighted by Crippen LogP contribution is -2.14. The second kappa shape index (κ2) is 5.72. The molecule has 1 heterocycles. The smallest absolute Gasteiger partial charge is 0.337 e. The van der Waals surface area contributed by atoms with E-state index in [2.05, 4.69) is 9.88 Å². The van der Waals surface area contributed by atoms with Crippen LogP contribution in [0.25, 0.3) is 0 Å². The van der Waals surface area contributed by atoms with Crippen LogP contribution in [0, 0.1) is 0 Å². The number of aromatic carboxylic acids is 1. The molecule has 0 amide bonds. The molecule has 0 atom stereocenters. The quantitative estimate of drug-likeness (QED) is 0.770. The predicted octanol–water partition coefficient (Wildman–Crippen LogP) is 1.43. The minimum absolute atomic E-state index is 0.229. The number of rotatable bonds is 5. The Morgan fingerprint density at radius 3 is 2.73 bits per heavy atom. The SMILES string of the molecule is CN(C)CCSc1ccc(C(=O)O)cn1. The molecule has 0 unspecified atom stereocenters. The number of nitrogens with zero attached hydrogens (tertiary/aromatic N) is 2. The van der Waals surface area contributed by atoms with Crippen LogP contribution in [0.3, 0.4) is 0 Å². The minimum Gasteiger partial charge on any atom is -0.478 e. The lowest BCUT2D eigenvalue weighted by atomic mass is 10.3. The van der Waals surface area contributed by atoms with Gasteiger partial charge in [-0.3, -0.25) is 0 Å². The van der Waals surface area contributed by atoms with E-state index < -0.39 is 5.97 Å². The molecule has 5 heteroatoms. The van der Waals surface area contributed by atoms with Crippen molar-refractivity contribution in [3.05, 3.63) is 23.9 Å². The van der Waals surface area contributed by atoms with Crippen LogP contribution in [-0.2, 0) is 0 Å². The molecule has 0 aliphatic rings. The van der Waals surface area contributed by atoms with Crippen molar-refractivity contribution in [1.82, 2.24) is 9.88 Å². The van der Waals surface area contributed by atoms with Gasteiger partial charge < -0.3 is 10.0 Å². The van der Waals surface area contributed by atoms with Crippen molar-refractivity contribution >= 4 is 17.7 Å². The fourth-order valence-electron chi connectivity index (χ4n) is 0.925. The maximum absolute atomic E-state index is 10.6. The van der Waals surface area contributed by atoms with Gasteiger partial charge in [0.05, 0.1) is 10.6 Å². The highest BCUT2D eigenvalue weighted by atomic mass is 32.2. The van der Waals surface area contributed by atoms with Crippen LogP contribution in [0.5, 0.6) is 0 Å². The molecule has 0 bridgehead atoms. The molecule has 1 N–H and O–H groups in total. The van der Waals surface area contributed by atoms with E-state index >= 15 is 0 Å². The monoisotopic (exact) mass is 226 g/mol. The van der Waals surface area contributed by atoms with Crippen molar-refractivity contribution in [3.8, 4) is 0 Å². The number of carboxylic acids is 1. The Labute approximate surface area is 93.3 Å². The maximum atomic E-state index is 10.6. The Morgan fingerprint density at radius 1 is 1.53 bits per heavy atom. The van der Waals surface area contributed by atoms with E-state index in [4.69, 9.17) is 5.11 Å². The van der Waals surface area contributed by atoms with Crippen LogP contribution in [0.2, 0.25) is 0 Å². The third-order valence-corrected chi connectivity index (χ3v) is 2.70. The summed E-state index contributed by atoms with van der Waals surface area (Å²) in [6.07, 6.45) is 1.39. The Bertz CT molecular complexity index is 325. The van der Waals surface area contributed by atoms with Gasteiger partial charge in [0, 0.05) is 18.5 Å². The number of pyridine rings is 1. The van der Waals surface area contributed by atoms with Crippen LogP contribution in [0.15, 0.2) is 23.4 Å². The van der Waals surface area contributed by atoms with Gasteiger partial charge in [0.1, 0.15) is 0 Å². The molecule has 82 valence electrons. The van der Waals surface area contributed by atoms with Gasteiger partial charge in [0.25, 0.3) is 0 Å². The van der Waals surface area contributed by atoms with E-state index in [9.17, 15) is 4.79 Å². The normalized spacial score (nSPS) is 10.6. The average Bonchev–Trinajstić information content (AvgIpc) is 2.18. The number of aromatic nitrogens is 1. The molecular weight excluding hydrogens is 212 g/mol. The molecule has 0 spiro atoms. The number of hydrogen-bond donors (Lipinski definition) is 1. The van der Waals surface area contributed by atoms with Crippen LogP contribution in [-0.4, -0.2) is 47.4 Å². The molecular formula is C10H14N2O2S. The average molecular weight is 226 g/mol. The number of carboxylic acid groups (broad SMARTS) is 1. The van der Waals surface area contributed by atoms with E-state index in [0.717, 1.165) is 17.3 Å². The molecule has 4 nitrogen and oxygen atoms in total. The van der Waals surface area contributed by atoms with E-state index in [1.54, 1.807) is 23.9 Å². The predicted molar refractivity (Wildman–Crippen MR) is 60.5 cm³/mol. The zero-order valence-corrected chi connectivity index (χ0v) is 9.62. The summed E-state index contributed by atoms with van der Waals surface area (Å²) in [5.74, 6) is 0.0132. The van der Waals surface area contributed by atoms with Crippen molar-refractivity contribution in [2.24, 2.45) is 0 Å². The van der Waals surface area contributed by atoms with E-state index in [0.29, 0.717) is 0 Å². The summed E-state index contributed by atoms with van der Waals surface area (Å²) < 4.78 is 0. The highest BCUT2D eigenvalue weighted by Crippen LogP contribution is 2.14. The van der Waals surface area contributed by atoms with Gasteiger partial charge in [-0.1, -0.05) is 0 Å². The van der Waals surface area contributed by atoms with Crippen molar-refractivity contribution in [1.29, 1.82) is 0 Å². The fourth-order valence-corrected chi connectivity index (χ4v) is 1.88. The highest BCUT2D eigenvalue weighted by Gasteiger charge is 2.03. The lowest BCUT2D eigenvalue weighted by Gasteiger charge is -2.07. The Balaban J connectivity index is 2.46. The van der Waals surface area contributed by atoms with Gasteiger partial charge in [-0.05, 0) is 26.2 Å². The first kappa shape index (κ1) is 12.0. The Kier molecular flexibility index (Phi) is 4.58. The first-order chi connectivity index (χ1) is 7.09. The fraction of sp³-hybridized carbons (Fsp3) is 0.400. The summed E-state index contributed by atoms with van der Waals surface area (Å²) in [6.45, 7) is 0.979. The summed E-state index contributed by atoms with van der Waals surface area (Å²) in [6, 6.07) is 3.32. The molecule has 0 aromatic carbocycles. The van der Waals surface area contributed by atoms with Crippen LogP contribution < -0.4 is 0 Å². The number of thioether (sulfide) groups is 1. The molecule has 0 radical (unpaired) electrons. The van der Waals surface area contributed by atoms with Crippen molar-refractivity contribution in [2.45, 2.75) is 5.03 Å². The second-order valence-electron chi connectivity index (χ2n) is 3.34.